The van der Waals surface area contributed by atoms with Gasteiger partial charge in [-0.25, -0.2) is 9.97 Å². The predicted molar refractivity (Wildman–Crippen MR) is 85.3 cm³/mol. The zero-order valence-electron chi connectivity index (χ0n) is 13.3. The average molecular weight is 276 g/mol. The molecule has 0 spiro atoms. The molecule has 2 N–H and O–H groups in total. The molecule has 4 nitrogen and oxygen atoms in total. The molecule has 0 aromatic carbocycles. The number of aryl methyl sites for hydroxylation is 1. The number of nitrogens with zero attached hydrogens (tertiary/aromatic N) is 2. The largest absolute Gasteiger partial charge is 0.373 e. The van der Waals surface area contributed by atoms with Crippen LogP contribution in [-0.2, 0) is 0 Å². The van der Waals surface area contributed by atoms with Crippen molar-refractivity contribution in [2.75, 3.05) is 24.2 Å². The van der Waals surface area contributed by atoms with Gasteiger partial charge in [0.1, 0.15) is 17.5 Å². The fourth-order valence-corrected chi connectivity index (χ4v) is 3.26. The van der Waals surface area contributed by atoms with Crippen molar-refractivity contribution >= 4 is 11.6 Å². The highest BCUT2D eigenvalue weighted by Crippen LogP contribution is 2.30. The highest BCUT2D eigenvalue weighted by Gasteiger charge is 2.18. The second kappa shape index (κ2) is 6.91. The van der Waals surface area contributed by atoms with Crippen molar-refractivity contribution in [2.45, 2.75) is 52.9 Å². The maximum Gasteiger partial charge on any atom is 0.134 e. The van der Waals surface area contributed by atoms with Crippen LogP contribution in [0.4, 0.5) is 11.6 Å². The lowest BCUT2D eigenvalue weighted by molar-refractivity contribution is 0.274. The van der Waals surface area contributed by atoms with Gasteiger partial charge >= 0.3 is 0 Å². The molecule has 0 aliphatic heterocycles. The van der Waals surface area contributed by atoms with E-state index in [1.165, 1.54) is 32.1 Å². The summed E-state index contributed by atoms with van der Waals surface area (Å²) >= 11 is 0. The molecule has 0 saturated heterocycles. The molecule has 4 heteroatoms. The summed E-state index contributed by atoms with van der Waals surface area (Å²) in [4.78, 5) is 8.91. The van der Waals surface area contributed by atoms with Gasteiger partial charge < -0.3 is 10.6 Å². The molecule has 1 heterocycles. The minimum atomic E-state index is 0.814. The third kappa shape index (κ3) is 3.84. The van der Waals surface area contributed by atoms with E-state index in [1.54, 1.807) is 0 Å². The fraction of sp³-hybridized carbons (Fsp3) is 0.750. The van der Waals surface area contributed by atoms with Crippen LogP contribution in [0.5, 0.6) is 0 Å². The van der Waals surface area contributed by atoms with Crippen molar-refractivity contribution < 1.29 is 0 Å². The van der Waals surface area contributed by atoms with Crippen molar-refractivity contribution in [3.05, 3.63) is 11.4 Å². The van der Waals surface area contributed by atoms with Gasteiger partial charge in [0.25, 0.3) is 0 Å². The normalized spacial score (nSPS) is 22.6. The molecule has 112 valence electrons. The van der Waals surface area contributed by atoms with Gasteiger partial charge in [0.15, 0.2) is 0 Å². The highest BCUT2D eigenvalue weighted by molar-refractivity contribution is 5.56. The molecular weight excluding hydrogens is 248 g/mol. The molecular formula is C16H28N4. The second-order valence-electron chi connectivity index (χ2n) is 6.20. The Morgan fingerprint density at radius 3 is 2.60 bits per heavy atom. The molecule has 2 unspecified atom stereocenters. The zero-order chi connectivity index (χ0) is 14.5. The minimum Gasteiger partial charge on any atom is -0.373 e. The lowest BCUT2D eigenvalue weighted by Gasteiger charge is -2.26. The lowest BCUT2D eigenvalue weighted by Crippen LogP contribution is -2.17. The van der Waals surface area contributed by atoms with Gasteiger partial charge in [-0.2, -0.15) is 0 Å². The fourth-order valence-electron chi connectivity index (χ4n) is 3.26. The van der Waals surface area contributed by atoms with E-state index in [-0.39, 0.29) is 0 Å². The molecule has 20 heavy (non-hydrogen) atoms. The van der Waals surface area contributed by atoms with E-state index in [0.717, 1.165) is 41.4 Å². The molecule has 0 radical (unpaired) electrons. The zero-order valence-corrected chi connectivity index (χ0v) is 13.3. The second-order valence-corrected chi connectivity index (χ2v) is 6.20. The first-order chi connectivity index (χ1) is 9.60. The predicted octanol–water partition coefficient (Wildman–Crippen LogP) is 3.76. The molecule has 0 amide bonds. The third-order valence-corrected chi connectivity index (χ3v) is 4.38. The molecule has 1 fully saturated rings. The Bertz CT molecular complexity index is 444. The van der Waals surface area contributed by atoms with Gasteiger partial charge in [0.05, 0.1) is 0 Å². The van der Waals surface area contributed by atoms with E-state index in [0.29, 0.717) is 0 Å². The summed E-state index contributed by atoms with van der Waals surface area (Å²) in [6.07, 6.45) is 6.86. The summed E-state index contributed by atoms with van der Waals surface area (Å²) in [5, 5.41) is 6.63. The number of anilines is 2. The number of hydrogen-bond donors (Lipinski definition) is 2. The van der Waals surface area contributed by atoms with Gasteiger partial charge in [-0.1, -0.05) is 26.2 Å². The van der Waals surface area contributed by atoms with Crippen LogP contribution in [0.2, 0.25) is 0 Å². The van der Waals surface area contributed by atoms with E-state index < -0.39 is 0 Å². The van der Waals surface area contributed by atoms with Gasteiger partial charge in [-0.05, 0) is 38.5 Å². The Morgan fingerprint density at radius 1 is 1.15 bits per heavy atom. The Balaban J connectivity index is 1.89. The summed E-state index contributed by atoms with van der Waals surface area (Å²) in [5.74, 6) is 4.51. The molecule has 2 atom stereocenters. The number of rotatable bonds is 5. The van der Waals surface area contributed by atoms with Crippen LogP contribution in [0.25, 0.3) is 0 Å². The van der Waals surface area contributed by atoms with Crippen molar-refractivity contribution in [1.29, 1.82) is 0 Å². The van der Waals surface area contributed by atoms with Crippen molar-refractivity contribution in [2.24, 2.45) is 11.8 Å². The summed E-state index contributed by atoms with van der Waals surface area (Å²) in [6, 6.07) is 0. The molecule has 0 bridgehead atoms. The Hall–Kier alpha value is -1.32. The topological polar surface area (TPSA) is 49.8 Å². The Kier molecular flexibility index (Phi) is 5.21. The SMILES string of the molecule is CNc1nc(C)nc(NCCC2CCCC(C)C2)c1C. The van der Waals surface area contributed by atoms with E-state index >= 15 is 0 Å². The van der Waals surface area contributed by atoms with Gasteiger partial charge in [0.2, 0.25) is 0 Å². The van der Waals surface area contributed by atoms with Crippen molar-refractivity contribution in [3.63, 3.8) is 0 Å². The monoisotopic (exact) mass is 276 g/mol. The van der Waals surface area contributed by atoms with Crippen molar-refractivity contribution in [1.82, 2.24) is 9.97 Å². The Labute approximate surface area is 122 Å². The van der Waals surface area contributed by atoms with Crippen LogP contribution in [-0.4, -0.2) is 23.6 Å². The number of hydrogen-bond acceptors (Lipinski definition) is 4. The first-order valence-electron chi connectivity index (χ1n) is 7.87. The van der Waals surface area contributed by atoms with Crippen LogP contribution >= 0.6 is 0 Å². The van der Waals surface area contributed by atoms with Gasteiger partial charge in [-0.15, -0.1) is 0 Å². The van der Waals surface area contributed by atoms with Crippen LogP contribution in [0.15, 0.2) is 0 Å². The van der Waals surface area contributed by atoms with E-state index in [9.17, 15) is 0 Å². The maximum atomic E-state index is 4.52. The van der Waals surface area contributed by atoms with Crippen LogP contribution in [0.3, 0.4) is 0 Å². The van der Waals surface area contributed by atoms with E-state index in [1.807, 2.05) is 14.0 Å². The van der Waals surface area contributed by atoms with Gasteiger partial charge in [-0.3, -0.25) is 0 Å². The molecule has 1 aliphatic rings. The van der Waals surface area contributed by atoms with Crippen LogP contribution in [0, 0.1) is 25.7 Å². The standard InChI is InChI=1S/C16H28N4/c1-11-6-5-7-14(10-11)8-9-18-16-12(2)15(17-4)19-13(3)20-16/h11,14H,5-10H2,1-4H3,(H2,17,18,19,20). The van der Waals surface area contributed by atoms with Crippen molar-refractivity contribution in [3.8, 4) is 0 Å². The molecule has 1 aromatic heterocycles. The highest BCUT2D eigenvalue weighted by atomic mass is 15.1. The first-order valence-corrected chi connectivity index (χ1v) is 7.87. The number of aromatic nitrogens is 2. The summed E-state index contributed by atoms with van der Waals surface area (Å²) in [6.45, 7) is 7.40. The van der Waals surface area contributed by atoms with Gasteiger partial charge in [0, 0.05) is 19.2 Å². The summed E-state index contributed by atoms with van der Waals surface area (Å²) < 4.78 is 0. The quantitative estimate of drug-likeness (QED) is 0.859. The van der Waals surface area contributed by atoms with Crippen LogP contribution < -0.4 is 10.6 Å². The summed E-state index contributed by atoms with van der Waals surface area (Å²) in [7, 11) is 1.90. The average Bonchev–Trinajstić information content (AvgIpc) is 2.42. The van der Waals surface area contributed by atoms with E-state index in [2.05, 4.69) is 34.4 Å². The smallest absolute Gasteiger partial charge is 0.134 e. The van der Waals surface area contributed by atoms with E-state index in [4.69, 9.17) is 0 Å². The minimum absolute atomic E-state index is 0.814. The first kappa shape index (κ1) is 15.1. The molecule has 1 aliphatic carbocycles. The summed E-state index contributed by atoms with van der Waals surface area (Å²) in [5.41, 5.74) is 1.11. The molecule has 2 rings (SSSR count). The number of nitrogens with one attached hydrogen (secondary N) is 2. The third-order valence-electron chi connectivity index (χ3n) is 4.38. The Morgan fingerprint density at radius 2 is 1.90 bits per heavy atom. The maximum absolute atomic E-state index is 4.52. The van der Waals surface area contributed by atoms with Crippen LogP contribution in [0.1, 0.15) is 50.4 Å². The molecule has 1 saturated carbocycles. The lowest BCUT2D eigenvalue weighted by atomic mass is 9.81. The molecule has 1 aromatic rings.